The van der Waals surface area contributed by atoms with Crippen LogP contribution in [0.3, 0.4) is 0 Å². The van der Waals surface area contributed by atoms with Gasteiger partial charge in [0.2, 0.25) is 5.95 Å². The van der Waals surface area contributed by atoms with Gasteiger partial charge in [-0.25, -0.2) is 4.98 Å². The molecule has 2 rings (SSSR count). The zero-order valence-electron chi connectivity index (χ0n) is 11.4. The van der Waals surface area contributed by atoms with Gasteiger partial charge in [-0.1, -0.05) is 20.3 Å². The van der Waals surface area contributed by atoms with Crippen LogP contribution in [0.5, 0.6) is 0 Å². The SMILES string of the molecule is CCC(C)C(C)NC(=O)c1cn2c(n1)NCCC2. The first-order valence-corrected chi connectivity index (χ1v) is 6.73. The van der Waals surface area contributed by atoms with E-state index in [1.807, 2.05) is 17.7 Å². The third-order valence-electron chi connectivity index (χ3n) is 3.72. The summed E-state index contributed by atoms with van der Waals surface area (Å²) in [6.07, 6.45) is 3.97. The Balaban J connectivity index is 2.03. The van der Waals surface area contributed by atoms with Crippen molar-refractivity contribution in [3.63, 3.8) is 0 Å². The summed E-state index contributed by atoms with van der Waals surface area (Å²) in [5, 5.41) is 6.21. The van der Waals surface area contributed by atoms with Gasteiger partial charge in [0.05, 0.1) is 0 Å². The number of rotatable bonds is 4. The van der Waals surface area contributed by atoms with Crippen LogP contribution >= 0.6 is 0 Å². The Morgan fingerprint density at radius 3 is 3.06 bits per heavy atom. The third-order valence-corrected chi connectivity index (χ3v) is 3.72. The number of nitrogens with one attached hydrogen (secondary N) is 2. The first-order chi connectivity index (χ1) is 8.61. The number of hydrogen-bond acceptors (Lipinski definition) is 3. The largest absolute Gasteiger partial charge is 0.356 e. The van der Waals surface area contributed by atoms with Crippen molar-refractivity contribution in [3.8, 4) is 0 Å². The van der Waals surface area contributed by atoms with Gasteiger partial charge in [0.1, 0.15) is 5.69 Å². The van der Waals surface area contributed by atoms with Gasteiger partial charge < -0.3 is 15.2 Å². The van der Waals surface area contributed by atoms with Gasteiger partial charge in [-0.3, -0.25) is 4.79 Å². The molecule has 0 aromatic carbocycles. The van der Waals surface area contributed by atoms with Crippen LogP contribution in [0.1, 0.15) is 44.1 Å². The fraction of sp³-hybridized carbons (Fsp3) is 0.692. The minimum absolute atomic E-state index is 0.0773. The normalized spacial score (nSPS) is 17.5. The zero-order valence-corrected chi connectivity index (χ0v) is 11.4. The Morgan fingerprint density at radius 1 is 1.61 bits per heavy atom. The molecule has 1 aromatic heterocycles. The molecule has 2 atom stereocenters. The molecule has 1 aliphatic rings. The Morgan fingerprint density at radius 2 is 2.39 bits per heavy atom. The van der Waals surface area contributed by atoms with Crippen molar-refractivity contribution < 1.29 is 4.79 Å². The molecule has 0 fully saturated rings. The van der Waals surface area contributed by atoms with Crippen molar-refractivity contribution in [2.75, 3.05) is 11.9 Å². The van der Waals surface area contributed by atoms with E-state index in [1.54, 1.807) is 0 Å². The lowest BCUT2D eigenvalue weighted by atomic mass is 10.0. The minimum atomic E-state index is -0.0773. The van der Waals surface area contributed by atoms with E-state index in [4.69, 9.17) is 0 Å². The maximum absolute atomic E-state index is 12.1. The van der Waals surface area contributed by atoms with E-state index in [-0.39, 0.29) is 11.9 Å². The van der Waals surface area contributed by atoms with Crippen molar-refractivity contribution >= 4 is 11.9 Å². The molecule has 0 saturated heterocycles. The summed E-state index contributed by atoms with van der Waals surface area (Å²) in [5.74, 6) is 1.21. The zero-order chi connectivity index (χ0) is 13.1. The van der Waals surface area contributed by atoms with E-state index in [9.17, 15) is 4.79 Å². The molecule has 5 nitrogen and oxygen atoms in total. The van der Waals surface area contributed by atoms with Crippen LogP contribution in [0, 0.1) is 5.92 Å². The molecule has 0 bridgehead atoms. The van der Waals surface area contributed by atoms with Crippen LogP contribution in [0.15, 0.2) is 6.20 Å². The first-order valence-electron chi connectivity index (χ1n) is 6.73. The molecule has 0 saturated carbocycles. The van der Waals surface area contributed by atoms with Gasteiger partial charge in [0.15, 0.2) is 0 Å². The summed E-state index contributed by atoms with van der Waals surface area (Å²) in [6, 6.07) is 0.175. The van der Waals surface area contributed by atoms with E-state index < -0.39 is 0 Å². The molecule has 0 aliphatic carbocycles. The second-order valence-corrected chi connectivity index (χ2v) is 5.07. The predicted molar refractivity (Wildman–Crippen MR) is 71.7 cm³/mol. The molecule has 2 heterocycles. The topological polar surface area (TPSA) is 59.0 Å². The molecule has 100 valence electrons. The lowest BCUT2D eigenvalue weighted by Crippen LogP contribution is -2.37. The number of imidazole rings is 1. The smallest absolute Gasteiger partial charge is 0.271 e. The maximum atomic E-state index is 12.1. The monoisotopic (exact) mass is 250 g/mol. The molecule has 1 amide bonds. The molecule has 18 heavy (non-hydrogen) atoms. The van der Waals surface area contributed by atoms with E-state index in [1.165, 1.54) is 0 Å². The minimum Gasteiger partial charge on any atom is -0.356 e. The highest BCUT2D eigenvalue weighted by molar-refractivity contribution is 5.92. The van der Waals surface area contributed by atoms with Crippen molar-refractivity contribution in [2.45, 2.75) is 46.2 Å². The lowest BCUT2D eigenvalue weighted by Gasteiger charge is -2.19. The highest BCUT2D eigenvalue weighted by Crippen LogP contribution is 2.14. The van der Waals surface area contributed by atoms with E-state index >= 15 is 0 Å². The number of carbonyl (C=O) groups excluding carboxylic acids is 1. The summed E-state index contributed by atoms with van der Waals surface area (Å²) in [4.78, 5) is 16.4. The molecule has 0 spiro atoms. The van der Waals surface area contributed by atoms with Crippen LogP contribution in [0.4, 0.5) is 5.95 Å². The highest BCUT2D eigenvalue weighted by Gasteiger charge is 2.19. The van der Waals surface area contributed by atoms with Gasteiger partial charge in [-0.2, -0.15) is 0 Å². The maximum Gasteiger partial charge on any atom is 0.271 e. The number of amides is 1. The summed E-state index contributed by atoms with van der Waals surface area (Å²) in [6.45, 7) is 8.18. The quantitative estimate of drug-likeness (QED) is 0.857. The lowest BCUT2D eigenvalue weighted by molar-refractivity contribution is 0.0923. The van der Waals surface area contributed by atoms with E-state index in [0.29, 0.717) is 11.6 Å². The first kappa shape index (κ1) is 12.9. The van der Waals surface area contributed by atoms with Crippen LogP contribution in [-0.4, -0.2) is 28.0 Å². The van der Waals surface area contributed by atoms with Crippen molar-refractivity contribution in [2.24, 2.45) is 5.92 Å². The van der Waals surface area contributed by atoms with Crippen LogP contribution in [0.25, 0.3) is 0 Å². The molecule has 2 N–H and O–H groups in total. The Hall–Kier alpha value is -1.52. The van der Waals surface area contributed by atoms with Crippen LogP contribution in [-0.2, 0) is 6.54 Å². The van der Waals surface area contributed by atoms with Crippen molar-refractivity contribution in [1.82, 2.24) is 14.9 Å². The Kier molecular flexibility index (Phi) is 3.89. The summed E-state index contributed by atoms with van der Waals surface area (Å²) in [7, 11) is 0. The molecular weight excluding hydrogens is 228 g/mol. The summed E-state index contributed by atoms with van der Waals surface area (Å²) >= 11 is 0. The molecule has 5 heteroatoms. The Labute approximate surface area is 108 Å². The third kappa shape index (κ3) is 2.66. The molecule has 0 radical (unpaired) electrons. The fourth-order valence-corrected chi connectivity index (χ4v) is 2.06. The number of aryl methyl sites for hydroxylation is 1. The molecule has 1 aliphatic heterocycles. The van der Waals surface area contributed by atoms with Crippen molar-refractivity contribution in [1.29, 1.82) is 0 Å². The molecule has 2 unspecified atom stereocenters. The van der Waals surface area contributed by atoms with Gasteiger partial charge in [-0.15, -0.1) is 0 Å². The van der Waals surface area contributed by atoms with E-state index in [0.717, 1.165) is 31.9 Å². The number of carbonyl (C=O) groups is 1. The number of hydrogen-bond donors (Lipinski definition) is 2. The number of fused-ring (bicyclic) bond motifs is 1. The molecular formula is C13H22N4O. The standard InChI is InChI=1S/C13H22N4O/c1-4-9(2)10(3)15-12(18)11-8-17-7-5-6-14-13(17)16-11/h8-10H,4-7H2,1-3H3,(H,14,16)(H,15,18). The van der Waals surface area contributed by atoms with Crippen LogP contribution < -0.4 is 10.6 Å². The van der Waals surface area contributed by atoms with Crippen molar-refractivity contribution in [3.05, 3.63) is 11.9 Å². The van der Waals surface area contributed by atoms with E-state index in [2.05, 4.69) is 29.5 Å². The van der Waals surface area contributed by atoms with Crippen LogP contribution in [0.2, 0.25) is 0 Å². The molecule has 1 aromatic rings. The second kappa shape index (κ2) is 5.42. The summed E-state index contributed by atoms with van der Waals surface area (Å²) < 4.78 is 2.01. The average molecular weight is 250 g/mol. The van der Waals surface area contributed by atoms with Gasteiger partial charge in [0, 0.05) is 25.3 Å². The number of nitrogens with zero attached hydrogens (tertiary/aromatic N) is 2. The fourth-order valence-electron chi connectivity index (χ4n) is 2.06. The second-order valence-electron chi connectivity index (χ2n) is 5.07. The summed E-state index contributed by atoms with van der Waals surface area (Å²) in [5.41, 5.74) is 0.509. The van der Waals surface area contributed by atoms with Gasteiger partial charge in [0.25, 0.3) is 5.91 Å². The van der Waals surface area contributed by atoms with Gasteiger partial charge in [-0.05, 0) is 19.3 Å². The number of anilines is 1. The predicted octanol–water partition coefficient (Wildman–Crippen LogP) is 1.86. The van der Waals surface area contributed by atoms with Gasteiger partial charge >= 0.3 is 0 Å². The Bertz CT molecular complexity index is 403. The highest BCUT2D eigenvalue weighted by atomic mass is 16.2. The average Bonchev–Trinajstić information content (AvgIpc) is 2.81. The number of aromatic nitrogens is 2.